The van der Waals surface area contributed by atoms with Gasteiger partial charge in [0.1, 0.15) is 5.82 Å². The summed E-state index contributed by atoms with van der Waals surface area (Å²) in [5.74, 6) is 1.10. The average molecular weight is 1790 g/mol. The number of benzene rings is 16. The zero-order valence-corrected chi connectivity index (χ0v) is 77.2. The van der Waals surface area contributed by atoms with E-state index in [1.165, 1.54) is 330 Å². The Bertz CT molecular complexity index is 8510. The number of rotatable bonds is 0. The molecule has 0 fully saturated rings. The highest BCUT2D eigenvalue weighted by atomic mass is 15.2. The summed E-state index contributed by atoms with van der Waals surface area (Å²) in [6.07, 6.45) is 28.0. The molecule has 16 aromatic carbocycles. The summed E-state index contributed by atoms with van der Waals surface area (Å²) in [6, 6.07) is 114. The van der Waals surface area contributed by atoms with Crippen molar-refractivity contribution in [3.63, 3.8) is 0 Å². The highest BCUT2D eigenvalue weighted by Crippen LogP contribution is 2.64. The van der Waals surface area contributed by atoms with Gasteiger partial charge in [-0.15, -0.1) is 0 Å². The molecule has 8 nitrogen and oxygen atoms in total. The van der Waals surface area contributed by atoms with E-state index in [9.17, 15) is 0 Å². The first-order valence-electron chi connectivity index (χ1n) is 50.3. The maximum absolute atomic E-state index is 4.95. The van der Waals surface area contributed by atoms with Crippen LogP contribution in [0.15, 0.2) is 340 Å². The molecule has 0 saturated heterocycles. The Kier molecular flexibility index (Phi) is 15.6. The smallest absolute Gasteiger partial charge is 0.141 e. The molecule has 4 aromatic heterocycles. The van der Waals surface area contributed by atoms with Gasteiger partial charge in [0.25, 0.3) is 0 Å². The molecule has 0 N–H and O–H groups in total. The molecule has 12 heterocycles. The molecule has 20 aromatic rings. The van der Waals surface area contributed by atoms with E-state index in [0.29, 0.717) is 0 Å². The van der Waals surface area contributed by atoms with Gasteiger partial charge in [0.15, 0.2) is 0 Å². The maximum atomic E-state index is 4.95. The minimum atomic E-state index is 0.913. The largest absolute Gasteiger partial charge is 0.309 e. The first-order chi connectivity index (χ1) is 69.4. The van der Waals surface area contributed by atoms with Crippen molar-refractivity contribution in [1.82, 2.24) is 19.9 Å². The van der Waals surface area contributed by atoms with E-state index < -0.39 is 0 Å². The van der Waals surface area contributed by atoms with Gasteiger partial charge in [0.2, 0.25) is 0 Å². The van der Waals surface area contributed by atoms with Crippen LogP contribution >= 0.6 is 0 Å². The molecule has 0 unspecified atom stereocenters. The zero-order valence-electron chi connectivity index (χ0n) is 77.2. The zero-order chi connectivity index (χ0) is 90.7. The van der Waals surface area contributed by atoms with Gasteiger partial charge in [-0.3, -0.25) is 19.9 Å². The number of anilines is 12. The Labute approximate surface area is 812 Å². The molecular weight excluding hydrogens is 1700 g/mol. The lowest BCUT2D eigenvalue weighted by Gasteiger charge is -2.41. The number of fused-ring (bicyclic) bond motifs is 48. The second kappa shape index (κ2) is 28.5. The van der Waals surface area contributed by atoms with Crippen LogP contribution in [0, 0.1) is 0 Å². The lowest BCUT2D eigenvalue weighted by Crippen LogP contribution is -2.27. The van der Waals surface area contributed by atoms with Crippen molar-refractivity contribution in [2.75, 3.05) is 19.6 Å². The van der Waals surface area contributed by atoms with Crippen LogP contribution in [0.1, 0.15) is 178 Å². The fraction of sp³-hybridized carbons (Fsp3) is 0.121. The summed E-state index contributed by atoms with van der Waals surface area (Å²) >= 11 is 0. The molecule has 36 rings (SSSR count). The molecule has 8 aliphatic carbocycles. The van der Waals surface area contributed by atoms with Gasteiger partial charge in [-0.1, -0.05) is 237 Å². The van der Waals surface area contributed by atoms with Crippen LogP contribution in [0.25, 0.3) is 89.0 Å². The van der Waals surface area contributed by atoms with Crippen LogP contribution in [0.5, 0.6) is 0 Å². The van der Waals surface area contributed by atoms with Gasteiger partial charge < -0.3 is 14.7 Å². The summed E-state index contributed by atoms with van der Waals surface area (Å²) in [5.41, 5.74) is 84.1. The topological polar surface area (TPSA) is 64.5 Å². The molecule has 8 heteroatoms. The van der Waals surface area contributed by atoms with Crippen LogP contribution in [0.3, 0.4) is 0 Å². The van der Waals surface area contributed by atoms with Crippen molar-refractivity contribution in [2.24, 2.45) is 0 Å². The van der Waals surface area contributed by atoms with Crippen LogP contribution in [0.4, 0.5) is 68.4 Å². The summed E-state index contributed by atoms with van der Waals surface area (Å²) in [6.45, 7) is 0. The van der Waals surface area contributed by atoms with E-state index in [2.05, 4.69) is 345 Å². The molecule has 140 heavy (non-hydrogen) atoms. The molecule has 8 aliphatic heterocycles. The maximum Gasteiger partial charge on any atom is 0.141 e. The van der Waals surface area contributed by atoms with Crippen molar-refractivity contribution in [3.8, 4) is 89.0 Å². The summed E-state index contributed by atoms with van der Waals surface area (Å²) in [5, 5.41) is 0. The predicted octanol–water partition coefficient (Wildman–Crippen LogP) is 30.0. The lowest BCUT2D eigenvalue weighted by atomic mass is 9.81. The Hall–Kier alpha value is -16.7. The monoisotopic (exact) mass is 1780 g/mol. The quantitative estimate of drug-likeness (QED) is 0.149. The van der Waals surface area contributed by atoms with Gasteiger partial charge in [0.05, 0.1) is 74.5 Å². The van der Waals surface area contributed by atoms with Crippen molar-refractivity contribution in [3.05, 3.63) is 519 Å². The van der Waals surface area contributed by atoms with Gasteiger partial charge in [-0.05, 0) is 373 Å². The van der Waals surface area contributed by atoms with E-state index in [0.717, 1.165) is 109 Å². The molecule has 0 amide bonds. The number of nitrogens with zero attached hydrogens (tertiary/aromatic N) is 8. The van der Waals surface area contributed by atoms with Crippen molar-refractivity contribution in [2.45, 2.75) is 103 Å². The Morgan fingerprint density at radius 3 is 0.936 bits per heavy atom. The third kappa shape index (κ3) is 10.6. The number of pyridine rings is 4. The van der Waals surface area contributed by atoms with Gasteiger partial charge in [0, 0.05) is 88.8 Å². The molecular formula is C132H88N8. The van der Waals surface area contributed by atoms with E-state index in [1.54, 1.807) is 0 Å². The number of hydrogen-bond donors (Lipinski definition) is 0. The summed E-state index contributed by atoms with van der Waals surface area (Å²) in [4.78, 5) is 29.1. The fourth-order valence-electron chi connectivity index (χ4n) is 28.7. The molecule has 0 radical (unpaired) electrons. The van der Waals surface area contributed by atoms with E-state index in [-0.39, 0.29) is 0 Å². The number of aromatic nitrogens is 4. The third-order valence-corrected chi connectivity index (χ3v) is 34.6. The van der Waals surface area contributed by atoms with Gasteiger partial charge in [-0.2, -0.15) is 0 Å². The molecule has 0 saturated carbocycles. The van der Waals surface area contributed by atoms with Crippen molar-refractivity contribution in [1.29, 1.82) is 0 Å². The second-order valence-electron chi connectivity index (χ2n) is 41.3. The predicted molar refractivity (Wildman–Crippen MR) is 564 cm³/mol. The van der Waals surface area contributed by atoms with Crippen molar-refractivity contribution < 1.29 is 0 Å². The first kappa shape index (κ1) is 76.5. The van der Waals surface area contributed by atoms with Gasteiger partial charge >= 0.3 is 0 Å². The summed E-state index contributed by atoms with van der Waals surface area (Å²) < 4.78 is 0. The van der Waals surface area contributed by atoms with Crippen LogP contribution < -0.4 is 19.6 Å². The van der Waals surface area contributed by atoms with E-state index in [1.807, 2.05) is 24.8 Å². The molecule has 656 valence electrons. The van der Waals surface area contributed by atoms with Crippen LogP contribution in [0.2, 0.25) is 0 Å². The van der Waals surface area contributed by atoms with Gasteiger partial charge in [-0.25, -0.2) is 4.98 Å². The second-order valence-corrected chi connectivity index (χ2v) is 41.3. The molecule has 0 spiro atoms. The highest BCUT2D eigenvalue weighted by molar-refractivity contribution is 6.03. The number of hydrogen-bond acceptors (Lipinski definition) is 8. The minimum Gasteiger partial charge on any atom is -0.309 e. The Balaban J connectivity index is 0.0000000829. The normalized spacial score (nSPS) is 14.9. The SMILES string of the molecule is c1ccc2c(c1)Cc1c-2ccc2c1Cc1c3c(cc4c1N2c1ccncc1C4)-c1ccccc1C3.c1ccc2c(c1)Cc1c-2ccc2c1Cc1c3c(cc4c1N2c1cnccc1C4)-c1ccccc1C3.c1ccc2c(c1)Cc1c-2ccc2c1Cc1c3c(cc4c1N2c1ncccc1C4)-c1ccccc1C3.c1ccc2c(c1)Cc1c-2ccc2c1Cc1nccc3c1N2c1c(ccc2c1Cc1ccccc1-2)C3. The Morgan fingerprint density at radius 1 is 0.150 bits per heavy atom. The molecule has 0 atom stereocenters. The minimum absolute atomic E-state index is 0.913. The Morgan fingerprint density at radius 2 is 0.471 bits per heavy atom. The molecule has 0 bridgehead atoms. The standard InChI is InChI=1S/4C33H22N2/c1-3-9-23-19(6-1)15-27-25(23)11-12-31-29(27)18-30-28-16-20-7-2-4-10-24(20)26(28)17-22-14-21-8-5-13-34-33(21)35(31)32(22)30;1-3-7-23-19(5-1)14-27-25(23)9-10-32-29(27)17-30-28-15-20-6-2-4-8-24(20)26(28)16-21-13-22-18-34-12-11-31(22)35(32)33(21)30;1-3-7-23-19(5-1)14-27-25(23)9-10-31-29(27)17-30-28-15-20-6-2-4-8-24(20)26(28)16-22-13-21-11-12-34-18-32(21)35(31)33(22)30;1-3-7-23-19(5-1)16-27-25(23)11-12-31-28(27)18-30-33-22(13-14-34-30)15-21-9-10-26-24-8-4-2-6-20(24)17-29(26)32(21)35(31)33/h1-13,17H,14-16,18H2;2*1-12,16,18H,13-15,17H2;1-14H,15-18H2. The average Bonchev–Trinajstić information content (AvgIpc) is 1.43. The molecule has 16 aliphatic rings. The lowest BCUT2D eigenvalue weighted by molar-refractivity contribution is 0.944. The van der Waals surface area contributed by atoms with E-state index >= 15 is 0 Å². The van der Waals surface area contributed by atoms with Crippen LogP contribution in [-0.2, 0) is 103 Å². The fourth-order valence-corrected chi connectivity index (χ4v) is 28.7. The van der Waals surface area contributed by atoms with E-state index in [4.69, 9.17) is 9.97 Å². The summed E-state index contributed by atoms with van der Waals surface area (Å²) in [7, 11) is 0. The third-order valence-electron chi connectivity index (χ3n) is 34.6. The first-order valence-corrected chi connectivity index (χ1v) is 50.3. The van der Waals surface area contributed by atoms with Crippen LogP contribution in [-0.4, -0.2) is 19.9 Å². The highest BCUT2D eigenvalue weighted by Gasteiger charge is 2.46. The van der Waals surface area contributed by atoms with Crippen molar-refractivity contribution >= 4 is 68.4 Å².